The summed E-state index contributed by atoms with van der Waals surface area (Å²) in [5, 5.41) is 1.69. The van der Waals surface area contributed by atoms with E-state index in [1.54, 1.807) is 5.01 Å². The molecule has 1 aliphatic carbocycles. The first kappa shape index (κ1) is 12.4. The third-order valence-corrected chi connectivity index (χ3v) is 3.23. The van der Waals surface area contributed by atoms with Crippen molar-refractivity contribution in [3.05, 3.63) is 11.4 Å². The van der Waals surface area contributed by atoms with Gasteiger partial charge in [-0.2, -0.15) is 0 Å². The molecule has 0 fully saturated rings. The zero-order chi connectivity index (χ0) is 11.5. The normalized spacial score (nSPS) is 27.7. The molecule has 3 nitrogen and oxygen atoms in total. The van der Waals surface area contributed by atoms with Crippen molar-refractivity contribution in [3.63, 3.8) is 0 Å². The van der Waals surface area contributed by atoms with Gasteiger partial charge in [-0.25, -0.2) is 5.84 Å². The van der Waals surface area contributed by atoms with Crippen LogP contribution in [0.1, 0.15) is 52.4 Å². The molecule has 0 spiro atoms. The largest absolute Gasteiger partial charge is 0.401 e. The lowest BCUT2D eigenvalue weighted by Crippen LogP contribution is -2.29. The second-order valence-corrected chi connectivity index (χ2v) is 5.48. The summed E-state index contributed by atoms with van der Waals surface area (Å²) in [5.41, 5.74) is 8.58. The van der Waals surface area contributed by atoms with Crippen molar-refractivity contribution in [1.82, 2.24) is 5.01 Å². The van der Waals surface area contributed by atoms with Gasteiger partial charge in [0.05, 0.1) is 0 Å². The molecular weight excluding hydrogens is 186 g/mol. The van der Waals surface area contributed by atoms with E-state index in [0.29, 0.717) is 5.41 Å². The van der Waals surface area contributed by atoms with Crippen LogP contribution in [0, 0.1) is 5.41 Å². The Balaban J connectivity index is 2.85. The minimum Gasteiger partial charge on any atom is -0.401 e. The predicted octanol–water partition coefficient (Wildman–Crippen LogP) is 2.34. The molecule has 4 N–H and O–H groups in total. The van der Waals surface area contributed by atoms with Gasteiger partial charge >= 0.3 is 0 Å². The second kappa shape index (κ2) is 4.88. The van der Waals surface area contributed by atoms with Gasteiger partial charge in [0.1, 0.15) is 0 Å². The van der Waals surface area contributed by atoms with Crippen LogP contribution in [-0.4, -0.2) is 12.1 Å². The Morgan fingerprint density at radius 1 is 1.20 bits per heavy atom. The zero-order valence-electron chi connectivity index (χ0n) is 10.3. The van der Waals surface area contributed by atoms with Crippen molar-refractivity contribution in [1.29, 1.82) is 0 Å². The van der Waals surface area contributed by atoms with Crippen LogP contribution >= 0.6 is 0 Å². The average molecular weight is 211 g/mol. The van der Waals surface area contributed by atoms with Gasteiger partial charge < -0.3 is 10.7 Å². The number of hydrogen-bond donors (Lipinski definition) is 2. The molecule has 1 rings (SSSR count). The summed E-state index contributed by atoms with van der Waals surface area (Å²) >= 11 is 0. The van der Waals surface area contributed by atoms with Gasteiger partial charge in [0.25, 0.3) is 0 Å². The van der Waals surface area contributed by atoms with E-state index < -0.39 is 0 Å². The molecule has 1 aliphatic rings. The molecule has 0 saturated heterocycles. The summed E-state index contributed by atoms with van der Waals surface area (Å²) in [6, 6.07) is 0. The minimum atomic E-state index is 0.315. The van der Waals surface area contributed by atoms with Crippen molar-refractivity contribution < 1.29 is 0 Å². The van der Waals surface area contributed by atoms with Crippen molar-refractivity contribution >= 4 is 0 Å². The maximum absolute atomic E-state index is 6.15. The molecule has 0 aromatic rings. The van der Waals surface area contributed by atoms with Gasteiger partial charge in [0.2, 0.25) is 0 Å². The SMILES string of the molecule is CN(N)/C1=C(\N)CC(C)(C)CCCCC1. The number of rotatable bonds is 1. The van der Waals surface area contributed by atoms with Crippen molar-refractivity contribution in [3.8, 4) is 0 Å². The van der Waals surface area contributed by atoms with Gasteiger partial charge in [0.15, 0.2) is 0 Å². The molecule has 0 atom stereocenters. The summed E-state index contributed by atoms with van der Waals surface area (Å²) in [5.74, 6) is 5.81. The van der Waals surface area contributed by atoms with E-state index in [0.717, 1.165) is 24.2 Å². The fraction of sp³-hybridized carbons (Fsp3) is 0.833. The number of nitrogens with zero attached hydrogens (tertiary/aromatic N) is 1. The van der Waals surface area contributed by atoms with Gasteiger partial charge in [-0.15, -0.1) is 0 Å². The Labute approximate surface area is 93.5 Å². The molecular formula is C12H25N3. The lowest BCUT2D eigenvalue weighted by molar-refractivity contribution is 0.316. The highest BCUT2D eigenvalue weighted by Gasteiger charge is 2.22. The Hall–Kier alpha value is -0.700. The first-order valence-electron chi connectivity index (χ1n) is 5.88. The van der Waals surface area contributed by atoms with Gasteiger partial charge in [-0.3, -0.25) is 0 Å². The zero-order valence-corrected chi connectivity index (χ0v) is 10.3. The Morgan fingerprint density at radius 2 is 1.87 bits per heavy atom. The molecule has 15 heavy (non-hydrogen) atoms. The molecule has 0 aliphatic heterocycles. The van der Waals surface area contributed by atoms with E-state index in [-0.39, 0.29) is 0 Å². The molecule has 88 valence electrons. The Morgan fingerprint density at radius 3 is 2.47 bits per heavy atom. The maximum Gasteiger partial charge on any atom is 0.0475 e. The molecule has 0 saturated carbocycles. The van der Waals surface area contributed by atoms with E-state index in [2.05, 4.69) is 13.8 Å². The Kier molecular flexibility index (Phi) is 4.03. The van der Waals surface area contributed by atoms with Crippen molar-refractivity contribution in [2.24, 2.45) is 17.0 Å². The number of nitrogens with two attached hydrogens (primary N) is 2. The van der Waals surface area contributed by atoms with E-state index in [1.165, 1.54) is 25.7 Å². The maximum atomic E-state index is 6.15. The van der Waals surface area contributed by atoms with Crippen LogP contribution < -0.4 is 11.6 Å². The summed E-state index contributed by atoms with van der Waals surface area (Å²) in [6.07, 6.45) is 7.04. The predicted molar refractivity (Wildman–Crippen MR) is 64.6 cm³/mol. The molecule has 0 bridgehead atoms. The van der Waals surface area contributed by atoms with Crippen LogP contribution in [0.2, 0.25) is 0 Å². The number of allylic oxidation sites excluding steroid dienone is 2. The van der Waals surface area contributed by atoms with E-state index in [1.807, 2.05) is 7.05 Å². The monoisotopic (exact) mass is 211 g/mol. The summed E-state index contributed by atoms with van der Waals surface area (Å²) in [6.45, 7) is 4.58. The topological polar surface area (TPSA) is 55.3 Å². The highest BCUT2D eigenvalue weighted by molar-refractivity contribution is 5.11. The minimum absolute atomic E-state index is 0.315. The third kappa shape index (κ3) is 3.74. The summed E-state index contributed by atoms with van der Waals surface area (Å²) in [4.78, 5) is 0. The lowest BCUT2D eigenvalue weighted by Gasteiger charge is -2.26. The lowest BCUT2D eigenvalue weighted by atomic mass is 9.83. The van der Waals surface area contributed by atoms with Crippen LogP contribution in [0.4, 0.5) is 0 Å². The quantitative estimate of drug-likeness (QED) is 0.517. The summed E-state index contributed by atoms with van der Waals surface area (Å²) in [7, 11) is 1.88. The van der Waals surface area contributed by atoms with Crippen LogP contribution in [0.5, 0.6) is 0 Å². The van der Waals surface area contributed by atoms with Crippen molar-refractivity contribution in [2.75, 3.05) is 7.05 Å². The van der Waals surface area contributed by atoms with E-state index >= 15 is 0 Å². The van der Waals surface area contributed by atoms with Crippen LogP contribution in [0.25, 0.3) is 0 Å². The standard InChI is InChI=1S/C12H25N3/c1-12(2)8-6-4-5-7-11(15(3)14)10(13)9-12/h4-9,13-14H2,1-3H3/b11-10-. The summed E-state index contributed by atoms with van der Waals surface area (Å²) < 4.78 is 0. The molecule has 3 heteroatoms. The Bertz CT molecular complexity index is 241. The third-order valence-electron chi connectivity index (χ3n) is 3.23. The van der Waals surface area contributed by atoms with Crippen molar-refractivity contribution in [2.45, 2.75) is 52.4 Å². The average Bonchev–Trinajstić information content (AvgIpc) is 2.13. The first-order valence-corrected chi connectivity index (χ1v) is 5.88. The van der Waals surface area contributed by atoms with Gasteiger partial charge in [-0.05, 0) is 31.1 Å². The fourth-order valence-electron chi connectivity index (χ4n) is 2.34. The van der Waals surface area contributed by atoms with Crippen LogP contribution in [0.3, 0.4) is 0 Å². The highest BCUT2D eigenvalue weighted by atomic mass is 15.4. The molecule has 0 amide bonds. The number of hydrazine groups is 1. The van der Waals surface area contributed by atoms with E-state index in [4.69, 9.17) is 11.6 Å². The number of hydrogen-bond acceptors (Lipinski definition) is 3. The van der Waals surface area contributed by atoms with Gasteiger partial charge in [-0.1, -0.05) is 26.7 Å². The smallest absolute Gasteiger partial charge is 0.0475 e. The van der Waals surface area contributed by atoms with Crippen LogP contribution in [0.15, 0.2) is 11.4 Å². The fourth-order valence-corrected chi connectivity index (χ4v) is 2.34. The molecule has 0 unspecified atom stereocenters. The highest BCUT2D eigenvalue weighted by Crippen LogP contribution is 2.33. The molecule has 0 aromatic heterocycles. The second-order valence-electron chi connectivity index (χ2n) is 5.48. The van der Waals surface area contributed by atoms with Crippen LogP contribution in [-0.2, 0) is 0 Å². The molecule has 0 heterocycles. The van der Waals surface area contributed by atoms with Gasteiger partial charge in [0, 0.05) is 18.4 Å². The molecule has 0 radical (unpaired) electrons. The molecule has 0 aromatic carbocycles. The first-order chi connectivity index (χ1) is 6.92. The van der Waals surface area contributed by atoms with E-state index in [9.17, 15) is 0 Å².